The summed E-state index contributed by atoms with van der Waals surface area (Å²) in [5, 5.41) is 14.0. The lowest BCUT2D eigenvalue weighted by Gasteiger charge is -2.20. The molecule has 1 fully saturated rings. The van der Waals surface area contributed by atoms with E-state index in [0.717, 1.165) is 18.5 Å². The van der Waals surface area contributed by atoms with Gasteiger partial charge >= 0.3 is 12.0 Å². The van der Waals surface area contributed by atoms with Crippen molar-refractivity contribution in [1.82, 2.24) is 9.88 Å². The van der Waals surface area contributed by atoms with Crippen LogP contribution in [-0.2, 0) is 10.2 Å². The molecule has 2 amide bonds. The standard InChI is InChI=1S/C14H21N3O3S/c1-14(2,3)10-8-21-12(15-10)16-13(20)17(7-11(18)19)6-9-4-5-9/h8-9H,4-7H2,1-3H3,(H,18,19)(H,15,16,20). The lowest BCUT2D eigenvalue weighted by atomic mass is 9.93. The van der Waals surface area contributed by atoms with Crippen molar-refractivity contribution < 1.29 is 14.7 Å². The van der Waals surface area contributed by atoms with Gasteiger partial charge in [0.25, 0.3) is 0 Å². The molecule has 116 valence electrons. The molecule has 1 aromatic heterocycles. The average Bonchev–Trinajstić information content (AvgIpc) is 3.02. The van der Waals surface area contributed by atoms with E-state index in [1.165, 1.54) is 16.2 Å². The second-order valence-electron chi connectivity index (χ2n) is 6.44. The topological polar surface area (TPSA) is 82.5 Å². The van der Waals surface area contributed by atoms with E-state index in [0.29, 0.717) is 17.6 Å². The van der Waals surface area contributed by atoms with Gasteiger partial charge in [0, 0.05) is 17.3 Å². The fraction of sp³-hybridized carbons (Fsp3) is 0.643. The molecule has 1 saturated carbocycles. The van der Waals surface area contributed by atoms with E-state index in [1.807, 2.05) is 5.38 Å². The van der Waals surface area contributed by atoms with Crippen LogP contribution in [0.15, 0.2) is 5.38 Å². The number of aliphatic carboxylic acids is 1. The zero-order valence-electron chi connectivity index (χ0n) is 12.5. The Labute approximate surface area is 128 Å². The first-order valence-electron chi connectivity index (χ1n) is 6.99. The number of urea groups is 1. The van der Waals surface area contributed by atoms with Crippen LogP contribution in [-0.4, -0.2) is 40.1 Å². The Hall–Kier alpha value is -1.63. The third-order valence-electron chi connectivity index (χ3n) is 3.28. The molecule has 0 aliphatic heterocycles. The van der Waals surface area contributed by atoms with E-state index in [2.05, 4.69) is 31.1 Å². The van der Waals surface area contributed by atoms with Gasteiger partial charge in [0.15, 0.2) is 5.13 Å². The largest absolute Gasteiger partial charge is 0.480 e. The predicted molar refractivity (Wildman–Crippen MR) is 81.8 cm³/mol. The Morgan fingerprint density at radius 2 is 2.14 bits per heavy atom. The number of thiazole rings is 1. The van der Waals surface area contributed by atoms with Crippen molar-refractivity contribution in [2.45, 2.75) is 39.0 Å². The summed E-state index contributed by atoms with van der Waals surface area (Å²) in [7, 11) is 0. The van der Waals surface area contributed by atoms with Crippen molar-refractivity contribution >= 4 is 28.5 Å². The normalized spacial score (nSPS) is 14.8. The summed E-state index contributed by atoms with van der Waals surface area (Å²) in [5.74, 6) is -0.558. The SMILES string of the molecule is CC(C)(C)c1csc(NC(=O)N(CC(=O)O)CC2CC2)n1. The molecule has 0 unspecified atom stereocenters. The fourth-order valence-electron chi connectivity index (χ4n) is 1.84. The Morgan fingerprint density at radius 1 is 1.48 bits per heavy atom. The molecule has 0 atom stereocenters. The number of hydrogen-bond donors (Lipinski definition) is 2. The number of aromatic nitrogens is 1. The minimum atomic E-state index is -1.000. The summed E-state index contributed by atoms with van der Waals surface area (Å²) in [4.78, 5) is 28.8. The van der Waals surface area contributed by atoms with Gasteiger partial charge in [0.2, 0.25) is 0 Å². The number of carbonyl (C=O) groups is 2. The molecule has 0 bridgehead atoms. The van der Waals surface area contributed by atoms with Gasteiger partial charge < -0.3 is 10.0 Å². The first kappa shape index (κ1) is 15.8. The lowest BCUT2D eigenvalue weighted by Crippen LogP contribution is -2.40. The Bertz CT molecular complexity index is 532. The van der Waals surface area contributed by atoms with E-state index in [4.69, 9.17) is 5.11 Å². The van der Waals surface area contributed by atoms with Crippen LogP contribution in [0.4, 0.5) is 9.93 Å². The number of anilines is 1. The predicted octanol–water partition coefficient (Wildman–Crippen LogP) is 2.77. The van der Waals surface area contributed by atoms with Gasteiger partial charge in [-0.2, -0.15) is 0 Å². The maximum Gasteiger partial charge on any atom is 0.324 e. The van der Waals surface area contributed by atoms with Gasteiger partial charge in [-0.3, -0.25) is 10.1 Å². The second-order valence-corrected chi connectivity index (χ2v) is 7.29. The van der Waals surface area contributed by atoms with E-state index in [-0.39, 0.29) is 18.0 Å². The molecule has 7 heteroatoms. The first-order valence-corrected chi connectivity index (χ1v) is 7.87. The highest BCUT2D eigenvalue weighted by Crippen LogP contribution is 2.30. The van der Waals surface area contributed by atoms with Gasteiger partial charge in [0.05, 0.1) is 5.69 Å². The summed E-state index contributed by atoms with van der Waals surface area (Å²) in [6.45, 7) is 6.38. The molecule has 0 saturated heterocycles. The molecule has 6 nitrogen and oxygen atoms in total. The van der Waals surface area contributed by atoms with E-state index in [1.54, 1.807) is 0 Å². The minimum Gasteiger partial charge on any atom is -0.480 e. The number of hydrogen-bond acceptors (Lipinski definition) is 4. The monoisotopic (exact) mass is 311 g/mol. The number of nitrogens with one attached hydrogen (secondary N) is 1. The molecule has 0 aromatic carbocycles. The summed E-state index contributed by atoms with van der Waals surface area (Å²) in [5.41, 5.74) is 0.837. The van der Waals surface area contributed by atoms with Crippen molar-refractivity contribution in [2.75, 3.05) is 18.4 Å². The highest BCUT2D eigenvalue weighted by atomic mass is 32.1. The van der Waals surface area contributed by atoms with Gasteiger partial charge in [-0.25, -0.2) is 9.78 Å². The highest BCUT2D eigenvalue weighted by Gasteiger charge is 2.28. The van der Waals surface area contributed by atoms with Gasteiger partial charge in [0.1, 0.15) is 6.54 Å². The van der Waals surface area contributed by atoms with Crippen LogP contribution in [0.2, 0.25) is 0 Å². The molecular formula is C14H21N3O3S. The van der Waals surface area contributed by atoms with Gasteiger partial charge in [-0.15, -0.1) is 11.3 Å². The molecule has 2 rings (SSSR count). The van der Waals surface area contributed by atoms with Gasteiger partial charge in [-0.05, 0) is 18.8 Å². The number of rotatable bonds is 5. The Morgan fingerprint density at radius 3 is 2.62 bits per heavy atom. The summed E-state index contributed by atoms with van der Waals surface area (Å²) >= 11 is 1.36. The number of carboxylic acid groups (broad SMARTS) is 1. The first-order chi connectivity index (χ1) is 9.75. The summed E-state index contributed by atoms with van der Waals surface area (Å²) in [6.07, 6.45) is 2.13. The summed E-state index contributed by atoms with van der Waals surface area (Å²) in [6, 6.07) is -0.390. The number of nitrogens with zero attached hydrogens (tertiary/aromatic N) is 2. The molecule has 1 heterocycles. The zero-order valence-corrected chi connectivity index (χ0v) is 13.4. The number of carbonyl (C=O) groups excluding carboxylic acids is 1. The second kappa shape index (κ2) is 6.01. The molecule has 2 N–H and O–H groups in total. The van der Waals surface area contributed by atoms with Crippen LogP contribution in [0.5, 0.6) is 0 Å². The third kappa shape index (κ3) is 4.70. The summed E-state index contributed by atoms with van der Waals surface area (Å²) < 4.78 is 0. The molecule has 21 heavy (non-hydrogen) atoms. The molecule has 0 radical (unpaired) electrons. The van der Waals surface area contributed by atoms with Crippen molar-refractivity contribution in [1.29, 1.82) is 0 Å². The molecule has 1 aliphatic carbocycles. The van der Waals surface area contributed by atoms with Crippen LogP contribution in [0.3, 0.4) is 0 Å². The molecule has 1 aliphatic rings. The van der Waals surface area contributed by atoms with Crippen LogP contribution in [0.25, 0.3) is 0 Å². The molecule has 1 aromatic rings. The van der Waals surface area contributed by atoms with Crippen LogP contribution in [0.1, 0.15) is 39.3 Å². The van der Waals surface area contributed by atoms with Crippen molar-refractivity contribution in [3.63, 3.8) is 0 Å². The quantitative estimate of drug-likeness (QED) is 0.876. The maximum atomic E-state index is 12.2. The average molecular weight is 311 g/mol. The smallest absolute Gasteiger partial charge is 0.324 e. The maximum absolute atomic E-state index is 12.2. The van der Waals surface area contributed by atoms with Crippen LogP contribution < -0.4 is 5.32 Å². The van der Waals surface area contributed by atoms with E-state index >= 15 is 0 Å². The van der Waals surface area contributed by atoms with Crippen molar-refractivity contribution in [3.05, 3.63) is 11.1 Å². The van der Waals surface area contributed by atoms with Gasteiger partial charge in [-0.1, -0.05) is 20.8 Å². The third-order valence-corrected chi connectivity index (χ3v) is 4.03. The van der Waals surface area contributed by atoms with Crippen molar-refractivity contribution in [2.24, 2.45) is 5.92 Å². The van der Waals surface area contributed by atoms with Crippen LogP contribution >= 0.6 is 11.3 Å². The van der Waals surface area contributed by atoms with Crippen molar-refractivity contribution in [3.8, 4) is 0 Å². The highest BCUT2D eigenvalue weighted by molar-refractivity contribution is 7.13. The van der Waals surface area contributed by atoms with Crippen LogP contribution in [0, 0.1) is 5.92 Å². The molecule has 0 spiro atoms. The van der Waals surface area contributed by atoms with E-state index in [9.17, 15) is 9.59 Å². The Kier molecular flexibility index (Phi) is 4.51. The number of amides is 2. The Balaban J connectivity index is 2.00. The molecular weight excluding hydrogens is 290 g/mol. The lowest BCUT2D eigenvalue weighted by molar-refractivity contribution is -0.137. The fourth-order valence-corrected chi connectivity index (χ4v) is 2.77. The number of carboxylic acids is 1. The zero-order chi connectivity index (χ0) is 15.6. The minimum absolute atomic E-state index is 0.0752. The van der Waals surface area contributed by atoms with E-state index < -0.39 is 5.97 Å².